The first-order chi connectivity index (χ1) is 8.13. The van der Waals surface area contributed by atoms with Crippen molar-refractivity contribution in [2.75, 3.05) is 7.11 Å². The summed E-state index contributed by atoms with van der Waals surface area (Å²) in [6, 6.07) is 7.75. The average molecular weight is 397 g/mol. The Balaban J connectivity index is 2.38. The monoisotopic (exact) mass is 394 g/mol. The molecular weight excluding hydrogens is 387 g/mol. The first-order valence-corrected chi connectivity index (χ1v) is 7.80. The Bertz CT molecular complexity index is 527. The number of ether oxygens (including phenoxy) is 1. The second-order valence-electron chi connectivity index (χ2n) is 3.38. The summed E-state index contributed by atoms with van der Waals surface area (Å²) in [4.78, 5) is 1.30. The minimum atomic E-state index is 0.0929. The number of hydrogen-bond donors (Lipinski definition) is 0. The Morgan fingerprint density at radius 3 is 2.65 bits per heavy atom. The zero-order valence-corrected chi connectivity index (χ0v) is 13.7. The van der Waals surface area contributed by atoms with Gasteiger partial charge in [-0.3, -0.25) is 0 Å². The second-order valence-corrected chi connectivity index (χ2v) is 6.51. The Morgan fingerprint density at radius 2 is 2.12 bits per heavy atom. The Labute approximate surface area is 126 Å². The van der Waals surface area contributed by atoms with Gasteiger partial charge < -0.3 is 4.74 Å². The molecule has 0 saturated heterocycles. The number of halogens is 3. The number of alkyl halides is 1. The van der Waals surface area contributed by atoms with E-state index in [4.69, 9.17) is 16.3 Å². The standard InChI is InChI=1S/C12H9Br2ClOS/c1-16-7-2-3-8(10(15)6-7)11(14)12-9(13)4-5-17-12/h2-6,11H,1H3. The molecule has 0 N–H and O–H groups in total. The smallest absolute Gasteiger partial charge is 0.120 e. The molecule has 0 fully saturated rings. The quantitative estimate of drug-likeness (QED) is 0.609. The fourth-order valence-corrected chi connectivity index (χ4v) is 4.75. The Kier molecular flexibility index (Phi) is 4.53. The molecule has 0 bridgehead atoms. The normalized spacial score (nSPS) is 12.5. The number of benzene rings is 1. The van der Waals surface area contributed by atoms with E-state index in [-0.39, 0.29) is 4.83 Å². The van der Waals surface area contributed by atoms with Gasteiger partial charge in [-0.25, -0.2) is 0 Å². The molecule has 1 heterocycles. The van der Waals surface area contributed by atoms with Crippen molar-refractivity contribution in [2.45, 2.75) is 4.83 Å². The fourth-order valence-electron chi connectivity index (χ4n) is 1.47. The van der Waals surface area contributed by atoms with Gasteiger partial charge in [0.2, 0.25) is 0 Å². The van der Waals surface area contributed by atoms with E-state index in [0.717, 1.165) is 15.8 Å². The number of rotatable bonds is 3. The predicted octanol–water partition coefficient (Wildman–Crippen LogP) is 5.66. The van der Waals surface area contributed by atoms with Crippen molar-refractivity contribution in [1.29, 1.82) is 0 Å². The van der Waals surface area contributed by atoms with Crippen molar-refractivity contribution in [1.82, 2.24) is 0 Å². The van der Waals surface area contributed by atoms with Crippen LogP contribution in [0.25, 0.3) is 0 Å². The minimum Gasteiger partial charge on any atom is -0.497 e. The lowest BCUT2D eigenvalue weighted by atomic mass is 10.1. The van der Waals surface area contributed by atoms with Gasteiger partial charge in [0.1, 0.15) is 5.75 Å². The molecule has 1 nitrogen and oxygen atoms in total. The van der Waals surface area contributed by atoms with Crippen LogP contribution in [-0.4, -0.2) is 7.11 Å². The van der Waals surface area contributed by atoms with Crippen molar-refractivity contribution >= 4 is 54.8 Å². The topological polar surface area (TPSA) is 9.23 Å². The van der Waals surface area contributed by atoms with Crippen LogP contribution in [0.5, 0.6) is 5.75 Å². The van der Waals surface area contributed by atoms with E-state index < -0.39 is 0 Å². The molecule has 1 atom stereocenters. The molecule has 0 aliphatic carbocycles. The fraction of sp³-hybridized carbons (Fsp3) is 0.167. The summed E-state index contributed by atoms with van der Waals surface area (Å²) in [6.07, 6.45) is 0. The maximum Gasteiger partial charge on any atom is 0.120 e. The van der Waals surface area contributed by atoms with Crippen LogP contribution in [0.2, 0.25) is 5.02 Å². The average Bonchev–Trinajstić information content (AvgIpc) is 2.74. The first kappa shape index (κ1) is 13.4. The maximum atomic E-state index is 6.25. The van der Waals surface area contributed by atoms with E-state index in [1.54, 1.807) is 18.4 Å². The molecular formula is C12H9Br2ClOS. The van der Waals surface area contributed by atoms with E-state index in [0.29, 0.717) is 5.02 Å². The number of thiophene rings is 1. The zero-order chi connectivity index (χ0) is 12.4. The largest absolute Gasteiger partial charge is 0.497 e. The third-order valence-corrected chi connectivity index (χ3v) is 5.87. The van der Waals surface area contributed by atoms with Crippen molar-refractivity contribution in [3.63, 3.8) is 0 Å². The van der Waals surface area contributed by atoms with Gasteiger partial charge in [-0.15, -0.1) is 11.3 Å². The summed E-state index contributed by atoms with van der Waals surface area (Å²) >= 11 is 15.1. The first-order valence-electron chi connectivity index (χ1n) is 4.84. The molecule has 0 amide bonds. The van der Waals surface area contributed by atoms with Crippen LogP contribution < -0.4 is 4.74 Å². The lowest BCUT2D eigenvalue weighted by molar-refractivity contribution is 0.414. The van der Waals surface area contributed by atoms with E-state index in [1.807, 2.05) is 29.6 Å². The van der Waals surface area contributed by atoms with Gasteiger partial charge in [0, 0.05) is 14.4 Å². The summed E-state index contributed by atoms with van der Waals surface area (Å²) in [5.74, 6) is 0.767. The summed E-state index contributed by atoms with van der Waals surface area (Å²) < 4.78 is 6.23. The molecule has 2 aromatic rings. The molecule has 0 spiro atoms. The highest BCUT2D eigenvalue weighted by Gasteiger charge is 2.17. The van der Waals surface area contributed by atoms with Crippen LogP contribution in [0.3, 0.4) is 0 Å². The van der Waals surface area contributed by atoms with Crippen LogP contribution in [-0.2, 0) is 0 Å². The summed E-state index contributed by atoms with van der Waals surface area (Å²) in [5.41, 5.74) is 1.04. The van der Waals surface area contributed by atoms with Gasteiger partial charge >= 0.3 is 0 Å². The third kappa shape index (κ3) is 2.87. The molecule has 5 heteroatoms. The van der Waals surface area contributed by atoms with Crippen molar-refractivity contribution in [3.05, 3.63) is 49.6 Å². The summed E-state index contributed by atoms with van der Waals surface area (Å²) in [7, 11) is 1.63. The third-order valence-electron chi connectivity index (χ3n) is 2.36. The Morgan fingerprint density at radius 1 is 1.35 bits per heavy atom. The zero-order valence-electron chi connectivity index (χ0n) is 8.91. The van der Waals surface area contributed by atoms with Crippen LogP contribution >= 0.6 is 54.8 Å². The lowest BCUT2D eigenvalue weighted by Gasteiger charge is -2.12. The van der Waals surface area contributed by atoms with E-state index in [1.165, 1.54) is 4.88 Å². The van der Waals surface area contributed by atoms with Gasteiger partial charge in [-0.05, 0) is 45.1 Å². The van der Waals surface area contributed by atoms with E-state index in [9.17, 15) is 0 Å². The predicted molar refractivity (Wildman–Crippen MR) is 80.8 cm³/mol. The van der Waals surface area contributed by atoms with Crippen LogP contribution in [0.15, 0.2) is 34.1 Å². The van der Waals surface area contributed by atoms with E-state index >= 15 is 0 Å². The van der Waals surface area contributed by atoms with Gasteiger partial charge in [-0.1, -0.05) is 33.6 Å². The molecule has 2 rings (SSSR count). The molecule has 90 valence electrons. The molecule has 0 aliphatic heterocycles. The molecule has 1 aromatic carbocycles. The summed E-state index contributed by atoms with van der Waals surface area (Å²) in [5, 5.41) is 2.75. The molecule has 0 saturated carbocycles. The van der Waals surface area contributed by atoms with Crippen molar-refractivity contribution in [3.8, 4) is 5.75 Å². The maximum absolute atomic E-state index is 6.25. The van der Waals surface area contributed by atoms with Crippen molar-refractivity contribution < 1.29 is 4.74 Å². The van der Waals surface area contributed by atoms with Gasteiger partial charge in [0.25, 0.3) is 0 Å². The van der Waals surface area contributed by atoms with Gasteiger partial charge in [0.15, 0.2) is 0 Å². The van der Waals surface area contributed by atoms with Crippen LogP contribution in [0, 0.1) is 0 Å². The molecule has 17 heavy (non-hydrogen) atoms. The highest BCUT2D eigenvalue weighted by atomic mass is 79.9. The number of methoxy groups -OCH3 is 1. The van der Waals surface area contributed by atoms with Gasteiger partial charge in [0.05, 0.1) is 11.9 Å². The molecule has 1 aromatic heterocycles. The SMILES string of the molecule is COc1ccc(C(Br)c2sccc2Br)c(Cl)c1. The number of hydrogen-bond acceptors (Lipinski definition) is 2. The van der Waals surface area contributed by atoms with Crippen molar-refractivity contribution in [2.24, 2.45) is 0 Å². The molecule has 1 unspecified atom stereocenters. The second kappa shape index (κ2) is 5.74. The lowest BCUT2D eigenvalue weighted by Crippen LogP contribution is -1.93. The summed E-state index contributed by atoms with van der Waals surface area (Å²) in [6.45, 7) is 0. The Hall–Kier alpha value is -0.0300. The highest BCUT2D eigenvalue weighted by Crippen LogP contribution is 2.42. The minimum absolute atomic E-state index is 0.0929. The van der Waals surface area contributed by atoms with E-state index in [2.05, 4.69) is 31.9 Å². The molecule has 0 radical (unpaired) electrons. The van der Waals surface area contributed by atoms with Crippen LogP contribution in [0.1, 0.15) is 15.3 Å². The van der Waals surface area contributed by atoms with Gasteiger partial charge in [-0.2, -0.15) is 0 Å². The highest BCUT2D eigenvalue weighted by molar-refractivity contribution is 9.11. The van der Waals surface area contributed by atoms with Crippen LogP contribution in [0.4, 0.5) is 0 Å². The molecule has 0 aliphatic rings.